The molecular weight excluding hydrogens is 257 g/mol. The van der Waals surface area contributed by atoms with Crippen LogP contribution in [0.2, 0.25) is 0 Å². The number of rotatable bonds is 2. The Morgan fingerprint density at radius 3 is 2.59 bits per heavy atom. The molecule has 0 N–H and O–H groups in total. The molecular formula is C9H9F3N2O2S. The minimum absolute atomic E-state index is 0.193. The van der Waals surface area contributed by atoms with Crippen molar-refractivity contribution in [3.63, 3.8) is 0 Å². The Balaban J connectivity index is 2.81. The molecule has 0 aliphatic carbocycles. The van der Waals surface area contributed by atoms with Crippen molar-refractivity contribution in [3.8, 4) is 5.88 Å². The number of aromatic nitrogens is 1. The Labute approximate surface area is 101 Å². The average molecular weight is 266 g/mol. The van der Waals surface area contributed by atoms with E-state index in [1.807, 2.05) is 0 Å². The molecule has 4 nitrogen and oxygen atoms in total. The highest BCUT2D eigenvalue weighted by atomic mass is 32.1. The van der Waals surface area contributed by atoms with E-state index in [0.29, 0.717) is 0 Å². The highest BCUT2D eigenvalue weighted by Crippen LogP contribution is 2.20. The van der Waals surface area contributed by atoms with Crippen molar-refractivity contribution in [3.05, 3.63) is 18.2 Å². The van der Waals surface area contributed by atoms with Crippen LogP contribution in [0, 0.1) is 0 Å². The van der Waals surface area contributed by atoms with Crippen LogP contribution in [0.1, 0.15) is 0 Å². The molecule has 0 saturated carbocycles. The van der Waals surface area contributed by atoms with Crippen LogP contribution in [0.4, 0.5) is 19.0 Å². The normalized spacial score (nSPS) is 10.9. The summed E-state index contributed by atoms with van der Waals surface area (Å²) in [6.45, 7) is 0. The maximum atomic E-state index is 11.9. The molecule has 1 heterocycles. The van der Waals surface area contributed by atoms with Gasteiger partial charge in [0.1, 0.15) is 5.82 Å². The van der Waals surface area contributed by atoms with E-state index in [4.69, 9.17) is 4.74 Å². The second-order valence-corrected chi connectivity index (χ2v) is 3.26. The highest BCUT2D eigenvalue weighted by Gasteiger charge is 2.33. The van der Waals surface area contributed by atoms with E-state index in [9.17, 15) is 13.2 Å². The molecule has 1 aromatic heterocycles. The molecule has 0 atom stereocenters. The molecule has 1 aromatic rings. The second kappa shape index (κ2) is 5.17. The molecule has 0 aliphatic rings. The fourth-order valence-corrected chi connectivity index (χ4v) is 1.15. The first-order valence-electron chi connectivity index (χ1n) is 4.38. The number of alkyl halides is 3. The lowest BCUT2D eigenvalue weighted by molar-refractivity contribution is -0.282. The topological polar surface area (TPSA) is 34.6 Å². The maximum absolute atomic E-state index is 11.9. The molecule has 0 aromatic carbocycles. The Morgan fingerprint density at radius 1 is 1.41 bits per heavy atom. The number of halogens is 3. The predicted octanol–water partition coefficient (Wildman–Crippen LogP) is 2.35. The van der Waals surface area contributed by atoms with E-state index in [2.05, 4.69) is 21.9 Å². The van der Waals surface area contributed by atoms with Gasteiger partial charge in [0.05, 0.1) is 7.11 Å². The molecule has 0 radical (unpaired) electrons. The number of hydrogen-bond acceptors (Lipinski definition) is 4. The highest BCUT2D eigenvalue weighted by molar-refractivity contribution is 7.80. The van der Waals surface area contributed by atoms with Crippen LogP contribution in [-0.2, 0) is 4.74 Å². The van der Waals surface area contributed by atoms with Crippen LogP contribution < -0.4 is 9.64 Å². The van der Waals surface area contributed by atoms with E-state index in [-0.39, 0.29) is 11.7 Å². The first-order valence-corrected chi connectivity index (χ1v) is 4.79. The first-order chi connectivity index (χ1) is 7.83. The minimum Gasteiger partial charge on any atom is -0.481 e. The largest absolute Gasteiger partial charge is 0.574 e. The van der Waals surface area contributed by atoms with Gasteiger partial charge in [-0.05, 0) is 18.3 Å². The SMILES string of the molecule is COc1cccc(N(C)C(=S)OC(F)(F)F)n1. The summed E-state index contributed by atoms with van der Waals surface area (Å²) in [5.41, 5.74) is 0. The lowest BCUT2D eigenvalue weighted by atomic mass is 10.4. The van der Waals surface area contributed by atoms with Gasteiger partial charge in [-0.2, -0.15) is 4.98 Å². The number of methoxy groups -OCH3 is 1. The van der Waals surface area contributed by atoms with Gasteiger partial charge >= 0.3 is 6.36 Å². The zero-order valence-electron chi connectivity index (χ0n) is 8.99. The zero-order chi connectivity index (χ0) is 13.1. The number of pyridine rings is 1. The molecule has 0 bridgehead atoms. The number of anilines is 1. The predicted molar refractivity (Wildman–Crippen MR) is 58.9 cm³/mol. The van der Waals surface area contributed by atoms with E-state index >= 15 is 0 Å². The lowest BCUT2D eigenvalue weighted by Gasteiger charge is -2.19. The quantitative estimate of drug-likeness (QED) is 0.768. The molecule has 0 aliphatic heterocycles. The Kier molecular flexibility index (Phi) is 4.11. The molecule has 0 spiro atoms. The third kappa shape index (κ3) is 4.06. The number of thiocarbonyl (C=S) groups is 1. The summed E-state index contributed by atoms with van der Waals surface area (Å²) in [6.07, 6.45) is -4.82. The number of ether oxygens (including phenoxy) is 2. The van der Waals surface area contributed by atoms with Gasteiger partial charge in [-0.3, -0.25) is 4.90 Å². The van der Waals surface area contributed by atoms with Gasteiger partial charge < -0.3 is 9.47 Å². The van der Waals surface area contributed by atoms with Crippen LogP contribution in [-0.4, -0.2) is 30.7 Å². The van der Waals surface area contributed by atoms with Gasteiger partial charge in [0, 0.05) is 13.1 Å². The van der Waals surface area contributed by atoms with Crippen molar-refractivity contribution < 1.29 is 22.6 Å². The van der Waals surface area contributed by atoms with Crippen LogP contribution >= 0.6 is 12.2 Å². The maximum Gasteiger partial charge on any atom is 0.574 e. The van der Waals surface area contributed by atoms with Crippen molar-refractivity contribution in [2.24, 2.45) is 0 Å². The van der Waals surface area contributed by atoms with E-state index in [0.717, 1.165) is 4.90 Å². The molecule has 0 saturated heterocycles. The Bertz CT molecular complexity index is 411. The summed E-state index contributed by atoms with van der Waals surface area (Å²) in [7, 11) is 2.71. The van der Waals surface area contributed by atoms with E-state index in [1.54, 1.807) is 12.1 Å². The van der Waals surface area contributed by atoms with Crippen LogP contribution in [0.3, 0.4) is 0 Å². The lowest BCUT2D eigenvalue weighted by Crippen LogP contribution is -2.32. The molecule has 8 heteroatoms. The molecule has 17 heavy (non-hydrogen) atoms. The number of hydrogen-bond donors (Lipinski definition) is 0. The van der Waals surface area contributed by atoms with Gasteiger partial charge in [0.15, 0.2) is 0 Å². The first kappa shape index (κ1) is 13.5. The third-order valence-electron chi connectivity index (χ3n) is 1.74. The second-order valence-electron chi connectivity index (χ2n) is 2.91. The fourth-order valence-electron chi connectivity index (χ4n) is 0.965. The molecule has 0 unspecified atom stereocenters. The van der Waals surface area contributed by atoms with Crippen molar-refractivity contribution in [1.82, 2.24) is 4.98 Å². The summed E-state index contributed by atoms with van der Waals surface area (Å²) in [4.78, 5) is 4.90. The van der Waals surface area contributed by atoms with Crippen molar-refractivity contribution in [1.29, 1.82) is 0 Å². The smallest absolute Gasteiger partial charge is 0.481 e. The van der Waals surface area contributed by atoms with Crippen LogP contribution in [0.25, 0.3) is 0 Å². The monoisotopic (exact) mass is 266 g/mol. The Hall–Kier alpha value is -1.57. The van der Waals surface area contributed by atoms with Gasteiger partial charge in [0.25, 0.3) is 5.17 Å². The van der Waals surface area contributed by atoms with Gasteiger partial charge in [-0.1, -0.05) is 6.07 Å². The summed E-state index contributed by atoms with van der Waals surface area (Å²) in [5.74, 6) is 0.461. The minimum atomic E-state index is -4.82. The van der Waals surface area contributed by atoms with Crippen molar-refractivity contribution in [2.75, 3.05) is 19.1 Å². The molecule has 1 rings (SSSR count). The fraction of sp³-hybridized carbons (Fsp3) is 0.333. The molecule has 94 valence electrons. The van der Waals surface area contributed by atoms with Gasteiger partial charge in [-0.25, -0.2) is 0 Å². The van der Waals surface area contributed by atoms with Crippen LogP contribution in [0.5, 0.6) is 5.88 Å². The summed E-state index contributed by atoms with van der Waals surface area (Å²) in [5, 5.41) is -0.738. The van der Waals surface area contributed by atoms with Gasteiger partial charge in [-0.15, -0.1) is 13.2 Å². The van der Waals surface area contributed by atoms with Crippen molar-refractivity contribution in [2.45, 2.75) is 6.36 Å². The van der Waals surface area contributed by atoms with E-state index in [1.165, 1.54) is 20.2 Å². The van der Waals surface area contributed by atoms with Gasteiger partial charge in [0.2, 0.25) is 5.88 Å². The zero-order valence-corrected chi connectivity index (χ0v) is 9.80. The average Bonchev–Trinajstić information content (AvgIpc) is 2.26. The van der Waals surface area contributed by atoms with Crippen LogP contribution in [0.15, 0.2) is 18.2 Å². The standard InChI is InChI=1S/C9H9F3N2O2S/c1-14(8(17)16-9(10,11)12)6-4-3-5-7(13-6)15-2/h3-5H,1-2H3. The Morgan fingerprint density at radius 2 is 2.06 bits per heavy atom. The summed E-state index contributed by atoms with van der Waals surface area (Å²) in [6, 6.07) is 4.62. The third-order valence-corrected chi connectivity index (χ3v) is 2.10. The number of nitrogens with zero attached hydrogens (tertiary/aromatic N) is 2. The van der Waals surface area contributed by atoms with Crippen molar-refractivity contribution >= 4 is 23.2 Å². The summed E-state index contributed by atoms with van der Waals surface area (Å²) >= 11 is 4.49. The molecule has 0 fully saturated rings. The summed E-state index contributed by atoms with van der Waals surface area (Å²) < 4.78 is 44.3. The molecule has 0 amide bonds. The van der Waals surface area contributed by atoms with E-state index < -0.39 is 11.5 Å².